The summed E-state index contributed by atoms with van der Waals surface area (Å²) in [5.41, 5.74) is 4.53. The number of carbonyl (C=O) groups is 1. The van der Waals surface area contributed by atoms with Gasteiger partial charge in [-0.25, -0.2) is 9.59 Å². The largest absolute Gasteiger partial charge is 0.481 e. The third-order valence-electron chi connectivity index (χ3n) is 4.65. The first-order valence-corrected chi connectivity index (χ1v) is 8.74. The quantitative estimate of drug-likeness (QED) is 0.501. The average Bonchev–Trinajstić information content (AvgIpc) is 2.62. The fraction of sp³-hybridized carbons (Fsp3) is 0.273. The number of esters is 1. The van der Waals surface area contributed by atoms with Crippen molar-refractivity contribution in [1.29, 1.82) is 0 Å². The van der Waals surface area contributed by atoms with Gasteiger partial charge >= 0.3 is 11.6 Å². The number of hydrogen-bond donors (Lipinski definition) is 0. The lowest BCUT2D eigenvalue weighted by Crippen LogP contribution is -2.16. The molecule has 0 aliphatic rings. The Morgan fingerprint density at radius 2 is 1.70 bits per heavy atom. The number of hydrogen-bond acceptors (Lipinski definition) is 5. The highest BCUT2D eigenvalue weighted by Crippen LogP contribution is 2.24. The predicted molar refractivity (Wildman–Crippen MR) is 103 cm³/mol. The first-order chi connectivity index (χ1) is 12.9. The summed E-state index contributed by atoms with van der Waals surface area (Å²) in [7, 11) is 0. The van der Waals surface area contributed by atoms with Gasteiger partial charge in [0.05, 0.1) is 0 Å². The molecule has 0 bridgehead atoms. The number of benzene rings is 2. The van der Waals surface area contributed by atoms with Gasteiger partial charge < -0.3 is 13.9 Å². The number of carbonyl (C=O) groups excluding carboxylic acids is 1. The molecule has 0 saturated carbocycles. The van der Waals surface area contributed by atoms with E-state index in [1.165, 1.54) is 6.07 Å². The van der Waals surface area contributed by atoms with Crippen LogP contribution in [-0.4, -0.2) is 12.6 Å². The maximum Gasteiger partial charge on any atom is 0.344 e. The first kappa shape index (κ1) is 18.7. The van der Waals surface area contributed by atoms with Gasteiger partial charge in [0.1, 0.15) is 17.9 Å². The second-order valence-electron chi connectivity index (χ2n) is 6.65. The topological polar surface area (TPSA) is 65.7 Å². The molecule has 0 aliphatic carbocycles. The van der Waals surface area contributed by atoms with E-state index in [2.05, 4.69) is 0 Å². The van der Waals surface area contributed by atoms with Crippen LogP contribution in [0.2, 0.25) is 0 Å². The maximum absolute atomic E-state index is 12.1. The molecule has 0 fully saturated rings. The van der Waals surface area contributed by atoms with Crippen molar-refractivity contribution in [2.45, 2.75) is 34.3 Å². The Kier molecular flexibility index (Phi) is 5.31. The van der Waals surface area contributed by atoms with Gasteiger partial charge in [-0.3, -0.25) is 0 Å². The highest BCUT2D eigenvalue weighted by Gasteiger charge is 2.13. The molecule has 140 valence electrons. The van der Waals surface area contributed by atoms with Gasteiger partial charge in [0.2, 0.25) is 0 Å². The summed E-state index contributed by atoms with van der Waals surface area (Å²) in [4.78, 5) is 24.0. The molecule has 0 N–H and O–H groups in total. The molecule has 0 unspecified atom stereocenters. The van der Waals surface area contributed by atoms with Crippen LogP contribution in [0, 0.1) is 27.7 Å². The van der Waals surface area contributed by atoms with E-state index in [9.17, 15) is 9.59 Å². The predicted octanol–water partition coefficient (Wildman–Crippen LogP) is 4.15. The van der Waals surface area contributed by atoms with Crippen LogP contribution in [0.3, 0.4) is 0 Å². The van der Waals surface area contributed by atoms with Crippen molar-refractivity contribution in [3.63, 3.8) is 0 Å². The molecule has 3 aromatic rings. The zero-order valence-corrected chi connectivity index (χ0v) is 15.9. The highest BCUT2D eigenvalue weighted by molar-refractivity contribution is 5.84. The summed E-state index contributed by atoms with van der Waals surface area (Å²) in [6.07, 6.45) is 0. The molecule has 2 aromatic carbocycles. The number of rotatable bonds is 5. The summed E-state index contributed by atoms with van der Waals surface area (Å²) in [5.74, 6) is 0.189. The molecular formula is C22H22O5. The Morgan fingerprint density at radius 1 is 1.00 bits per heavy atom. The molecule has 0 spiro atoms. The standard InChI is InChI=1S/C22H22O5/c1-13-8-9-18-17(10-19(23)27-22(18)16(13)4)11-25-20(24)12-26-21-14(2)6-5-7-15(21)3/h5-10H,11-12H2,1-4H3. The Balaban J connectivity index is 1.72. The van der Waals surface area contributed by atoms with Crippen LogP contribution in [0.5, 0.6) is 5.75 Å². The van der Waals surface area contributed by atoms with E-state index < -0.39 is 11.6 Å². The van der Waals surface area contributed by atoms with Gasteiger partial charge in [-0.15, -0.1) is 0 Å². The van der Waals surface area contributed by atoms with Crippen molar-refractivity contribution in [3.8, 4) is 5.75 Å². The van der Waals surface area contributed by atoms with Crippen LogP contribution in [0.1, 0.15) is 27.8 Å². The first-order valence-electron chi connectivity index (χ1n) is 8.74. The zero-order chi connectivity index (χ0) is 19.6. The lowest BCUT2D eigenvalue weighted by molar-refractivity contribution is -0.147. The second kappa shape index (κ2) is 7.66. The fourth-order valence-corrected chi connectivity index (χ4v) is 3.00. The van der Waals surface area contributed by atoms with Crippen molar-refractivity contribution in [2.75, 3.05) is 6.61 Å². The van der Waals surface area contributed by atoms with Gasteiger partial charge in [-0.05, 0) is 49.9 Å². The molecule has 5 heteroatoms. The number of ether oxygens (including phenoxy) is 2. The van der Waals surface area contributed by atoms with Crippen LogP contribution in [-0.2, 0) is 16.1 Å². The zero-order valence-electron chi connectivity index (χ0n) is 15.9. The molecule has 1 heterocycles. The summed E-state index contributed by atoms with van der Waals surface area (Å²) in [6.45, 7) is 7.49. The number of aryl methyl sites for hydroxylation is 4. The van der Waals surface area contributed by atoms with Crippen molar-refractivity contribution in [1.82, 2.24) is 0 Å². The molecule has 0 amide bonds. The van der Waals surface area contributed by atoms with E-state index in [1.54, 1.807) is 0 Å². The van der Waals surface area contributed by atoms with Crippen LogP contribution in [0.4, 0.5) is 0 Å². The molecule has 27 heavy (non-hydrogen) atoms. The summed E-state index contributed by atoms with van der Waals surface area (Å²) in [5, 5.41) is 0.765. The van der Waals surface area contributed by atoms with Crippen LogP contribution in [0.25, 0.3) is 11.0 Å². The minimum absolute atomic E-state index is 0.0143. The van der Waals surface area contributed by atoms with Crippen molar-refractivity contribution >= 4 is 16.9 Å². The molecule has 0 saturated heterocycles. The third-order valence-corrected chi connectivity index (χ3v) is 4.65. The summed E-state index contributed by atoms with van der Waals surface area (Å²) in [6, 6.07) is 11.0. The van der Waals surface area contributed by atoms with Crippen LogP contribution >= 0.6 is 0 Å². The van der Waals surface area contributed by atoms with Gasteiger partial charge in [-0.1, -0.05) is 30.3 Å². The molecule has 0 aliphatic heterocycles. The smallest absolute Gasteiger partial charge is 0.344 e. The Morgan fingerprint density at radius 3 is 2.41 bits per heavy atom. The van der Waals surface area contributed by atoms with E-state index >= 15 is 0 Å². The molecular weight excluding hydrogens is 344 g/mol. The van der Waals surface area contributed by atoms with E-state index in [1.807, 2.05) is 58.0 Å². The van der Waals surface area contributed by atoms with Crippen molar-refractivity contribution < 1.29 is 18.7 Å². The Bertz CT molecular complexity index is 1040. The van der Waals surface area contributed by atoms with Gasteiger partial charge in [0.25, 0.3) is 0 Å². The monoisotopic (exact) mass is 366 g/mol. The molecule has 5 nitrogen and oxygen atoms in total. The fourth-order valence-electron chi connectivity index (χ4n) is 3.00. The van der Waals surface area contributed by atoms with Gasteiger partial charge in [-0.2, -0.15) is 0 Å². The van der Waals surface area contributed by atoms with Crippen LogP contribution in [0.15, 0.2) is 45.6 Å². The molecule has 1 aromatic heterocycles. The SMILES string of the molecule is Cc1cccc(C)c1OCC(=O)OCc1cc(=O)oc2c(C)c(C)ccc12. The molecule has 0 atom stereocenters. The third kappa shape index (κ3) is 4.03. The lowest BCUT2D eigenvalue weighted by atomic mass is 10.0. The summed E-state index contributed by atoms with van der Waals surface area (Å²) >= 11 is 0. The number of fused-ring (bicyclic) bond motifs is 1. The molecule has 0 radical (unpaired) electrons. The molecule has 3 rings (SSSR count). The maximum atomic E-state index is 12.1. The average molecular weight is 366 g/mol. The van der Waals surface area contributed by atoms with Crippen LogP contribution < -0.4 is 10.4 Å². The number of para-hydroxylation sites is 1. The van der Waals surface area contributed by atoms with E-state index in [-0.39, 0.29) is 13.2 Å². The van der Waals surface area contributed by atoms with Crippen molar-refractivity contribution in [2.24, 2.45) is 0 Å². The normalized spacial score (nSPS) is 10.8. The minimum Gasteiger partial charge on any atom is -0.481 e. The van der Waals surface area contributed by atoms with E-state index in [0.717, 1.165) is 27.6 Å². The van der Waals surface area contributed by atoms with Crippen molar-refractivity contribution in [3.05, 3.63) is 74.6 Å². The van der Waals surface area contributed by atoms with E-state index in [4.69, 9.17) is 13.9 Å². The summed E-state index contributed by atoms with van der Waals surface area (Å²) < 4.78 is 16.3. The Labute approximate surface area is 157 Å². The van der Waals surface area contributed by atoms with Gasteiger partial charge in [0.15, 0.2) is 6.61 Å². The van der Waals surface area contributed by atoms with E-state index in [0.29, 0.717) is 16.9 Å². The minimum atomic E-state index is -0.497. The highest BCUT2D eigenvalue weighted by atomic mass is 16.6. The Hall–Kier alpha value is -3.08. The lowest BCUT2D eigenvalue weighted by Gasteiger charge is -2.12. The second-order valence-corrected chi connectivity index (χ2v) is 6.65. The van der Waals surface area contributed by atoms with Gasteiger partial charge in [0, 0.05) is 17.0 Å².